The van der Waals surface area contributed by atoms with Crippen LogP contribution in [0.2, 0.25) is 0 Å². The third kappa shape index (κ3) is 3.66. The number of methoxy groups -OCH3 is 1. The van der Waals surface area contributed by atoms with Gasteiger partial charge in [0.2, 0.25) is 11.1 Å². The van der Waals surface area contributed by atoms with E-state index in [0.29, 0.717) is 17.4 Å². The number of nitrogens with zero attached hydrogens (tertiary/aromatic N) is 3. The van der Waals surface area contributed by atoms with Crippen LogP contribution >= 0.6 is 11.8 Å². The molecular weight excluding hydrogens is 290 g/mol. The van der Waals surface area contributed by atoms with Crippen molar-refractivity contribution >= 4 is 17.7 Å². The number of hydrogen-bond donors (Lipinski definition) is 2. The topological polar surface area (TPSA) is 109 Å². The minimum Gasteiger partial charge on any atom is -0.497 e. The molecule has 0 aliphatic heterocycles. The van der Waals surface area contributed by atoms with E-state index in [1.807, 2.05) is 24.3 Å². The number of nitrogen functional groups attached to an aromatic ring is 1. The van der Waals surface area contributed by atoms with Crippen LogP contribution in [0.3, 0.4) is 0 Å². The van der Waals surface area contributed by atoms with E-state index in [9.17, 15) is 4.79 Å². The molecular formula is C13H17N5O2S. The van der Waals surface area contributed by atoms with Gasteiger partial charge in [-0.05, 0) is 24.6 Å². The summed E-state index contributed by atoms with van der Waals surface area (Å²) in [5, 5.41) is 8.09. The summed E-state index contributed by atoms with van der Waals surface area (Å²) in [6.07, 6.45) is 0.541. The van der Waals surface area contributed by atoms with Gasteiger partial charge in [-0.25, -0.2) is 4.68 Å². The molecule has 8 heteroatoms. The van der Waals surface area contributed by atoms with Crippen LogP contribution < -0.4 is 16.3 Å². The van der Waals surface area contributed by atoms with Crippen molar-refractivity contribution in [3.8, 4) is 5.75 Å². The SMILES string of the molecule is COc1ccc(Cc2nnc(S[C@H](C)C(N)=O)n2N)cc1. The molecule has 0 saturated carbocycles. The number of ether oxygens (including phenoxy) is 1. The van der Waals surface area contributed by atoms with Crippen molar-refractivity contribution in [2.45, 2.75) is 23.8 Å². The quantitative estimate of drug-likeness (QED) is 0.596. The first-order valence-electron chi connectivity index (χ1n) is 6.29. The summed E-state index contributed by atoms with van der Waals surface area (Å²) < 4.78 is 6.49. The molecule has 1 amide bonds. The Balaban J connectivity index is 2.10. The number of hydrogen-bond acceptors (Lipinski definition) is 6. The number of carbonyl (C=O) groups is 1. The van der Waals surface area contributed by atoms with Crippen LogP contribution in [-0.2, 0) is 11.2 Å². The minimum absolute atomic E-state index is 0.412. The molecule has 0 saturated heterocycles. The van der Waals surface area contributed by atoms with E-state index in [4.69, 9.17) is 16.3 Å². The van der Waals surface area contributed by atoms with Gasteiger partial charge in [0.25, 0.3) is 0 Å². The summed E-state index contributed by atoms with van der Waals surface area (Å²) in [5.41, 5.74) is 6.26. The lowest BCUT2D eigenvalue weighted by Gasteiger charge is -2.07. The molecule has 7 nitrogen and oxygen atoms in total. The Hall–Kier alpha value is -2.22. The zero-order valence-corrected chi connectivity index (χ0v) is 12.6. The first kappa shape index (κ1) is 15.2. The van der Waals surface area contributed by atoms with Crippen LogP contribution in [0.5, 0.6) is 5.75 Å². The Morgan fingerprint density at radius 1 is 1.38 bits per heavy atom. The van der Waals surface area contributed by atoms with Crippen LogP contribution in [0.15, 0.2) is 29.4 Å². The number of nitrogens with two attached hydrogens (primary N) is 2. The van der Waals surface area contributed by atoms with E-state index in [-0.39, 0.29) is 0 Å². The van der Waals surface area contributed by atoms with Crippen molar-refractivity contribution < 1.29 is 9.53 Å². The molecule has 112 valence electrons. The lowest BCUT2D eigenvalue weighted by atomic mass is 10.1. The number of amides is 1. The van der Waals surface area contributed by atoms with E-state index < -0.39 is 11.2 Å². The molecule has 1 atom stereocenters. The molecule has 0 aliphatic rings. The fourth-order valence-electron chi connectivity index (χ4n) is 1.65. The fraction of sp³-hybridized carbons (Fsp3) is 0.308. The van der Waals surface area contributed by atoms with Gasteiger partial charge < -0.3 is 16.3 Å². The Morgan fingerprint density at radius 3 is 2.62 bits per heavy atom. The lowest BCUT2D eigenvalue weighted by molar-refractivity contribution is -0.117. The second-order valence-electron chi connectivity index (χ2n) is 4.46. The largest absolute Gasteiger partial charge is 0.497 e. The third-order valence-electron chi connectivity index (χ3n) is 2.94. The van der Waals surface area contributed by atoms with Gasteiger partial charge in [0.1, 0.15) is 5.75 Å². The summed E-state index contributed by atoms with van der Waals surface area (Å²) in [4.78, 5) is 11.1. The number of rotatable bonds is 6. The highest BCUT2D eigenvalue weighted by Crippen LogP contribution is 2.21. The molecule has 1 aromatic heterocycles. The van der Waals surface area contributed by atoms with Gasteiger partial charge in [-0.15, -0.1) is 10.2 Å². The van der Waals surface area contributed by atoms with Crippen LogP contribution in [-0.4, -0.2) is 33.1 Å². The Morgan fingerprint density at radius 2 is 2.05 bits per heavy atom. The smallest absolute Gasteiger partial charge is 0.230 e. The highest BCUT2D eigenvalue weighted by molar-refractivity contribution is 8.00. The van der Waals surface area contributed by atoms with Crippen molar-refractivity contribution in [3.63, 3.8) is 0 Å². The van der Waals surface area contributed by atoms with Crippen LogP contribution in [0.1, 0.15) is 18.3 Å². The Labute approximate surface area is 126 Å². The van der Waals surface area contributed by atoms with Gasteiger partial charge in [0.05, 0.1) is 12.4 Å². The van der Waals surface area contributed by atoms with Gasteiger partial charge >= 0.3 is 0 Å². The molecule has 0 bridgehead atoms. The third-order valence-corrected chi connectivity index (χ3v) is 4.01. The van der Waals surface area contributed by atoms with Crippen molar-refractivity contribution in [2.24, 2.45) is 5.73 Å². The van der Waals surface area contributed by atoms with E-state index in [1.54, 1.807) is 14.0 Å². The van der Waals surface area contributed by atoms with Crippen molar-refractivity contribution in [3.05, 3.63) is 35.7 Å². The number of aromatic nitrogens is 3. The maximum atomic E-state index is 11.1. The molecule has 0 aliphatic carbocycles. The molecule has 21 heavy (non-hydrogen) atoms. The van der Waals surface area contributed by atoms with Crippen molar-refractivity contribution in [2.75, 3.05) is 13.0 Å². The second-order valence-corrected chi connectivity index (χ2v) is 5.76. The fourth-order valence-corrected chi connectivity index (χ4v) is 2.39. The maximum absolute atomic E-state index is 11.1. The van der Waals surface area contributed by atoms with Crippen molar-refractivity contribution in [1.82, 2.24) is 14.9 Å². The molecule has 0 unspecified atom stereocenters. The molecule has 0 radical (unpaired) electrons. The summed E-state index contributed by atoms with van der Waals surface area (Å²) in [6.45, 7) is 1.70. The van der Waals surface area contributed by atoms with Gasteiger partial charge in [-0.3, -0.25) is 4.79 Å². The zero-order valence-electron chi connectivity index (χ0n) is 11.8. The predicted octanol–water partition coefficient (Wildman–Crippen LogP) is 0.557. The molecule has 1 aromatic carbocycles. The Kier molecular flexibility index (Phi) is 4.69. The Bertz CT molecular complexity index is 626. The normalized spacial score (nSPS) is 12.1. The minimum atomic E-state index is -0.417. The first-order chi connectivity index (χ1) is 10.0. The van der Waals surface area contributed by atoms with Gasteiger partial charge in [0.15, 0.2) is 5.82 Å². The zero-order chi connectivity index (χ0) is 15.4. The van der Waals surface area contributed by atoms with E-state index in [2.05, 4.69) is 10.2 Å². The molecule has 0 fully saturated rings. The summed E-state index contributed by atoms with van der Waals surface area (Å²) in [6, 6.07) is 7.62. The average Bonchev–Trinajstić information content (AvgIpc) is 2.81. The molecule has 2 rings (SSSR count). The first-order valence-corrected chi connectivity index (χ1v) is 7.17. The highest BCUT2D eigenvalue weighted by atomic mass is 32.2. The summed E-state index contributed by atoms with van der Waals surface area (Å²) >= 11 is 1.19. The molecule has 1 heterocycles. The molecule has 2 aromatic rings. The standard InChI is InChI=1S/C13H17N5O2S/c1-8(12(14)19)21-13-17-16-11(18(13)15)7-9-3-5-10(20-2)6-4-9/h3-6,8H,7,15H2,1-2H3,(H2,14,19)/t8-/m1/s1. The number of primary amides is 1. The van der Waals surface area contributed by atoms with E-state index in [0.717, 1.165) is 11.3 Å². The summed E-state index contributed by atoms with van der Waals surface area (Å²) in [7, 11) is 1.62. The maximum Gasteiger partial charge on any atom is 0.230 e. The number of thioether (sulfide) groups is 1. The molecule has 4 N–H and O–H groups in total. The average molecular weight is 307 g/mol. The monoisotopic (exact) mass is 307 g/mol. The van der Waals surface area contributed by atoms with E-state index in [1.165, 1.54) is 16.4 Å². The predicted molar refractivity (Wildman–Crippen MR) is 80.5 cm³/mol. The van der Waals surface area contributed by atoms with E-state index >= 15 is 0 Å². The van der Waals surface area contributed by atoms with Crippen molar-refractivity contribution in [1.29, 1.82) is 0 Å². The van der Waals surface area contributed by atoms with Crippen LogP contribution in [0.4, 0.5) is 0 Å². The van der Waals surface area contributed by atoms with Gasteiger partial charge in [0, 0.05) is 6.42 Å². The molecule has 0 spiro atoms. The highest BCUT2D eigenvalue weighted by Gasteiger charge is 2.17. The second kappa shape index (κ2) is 6.49. The van der Waals surface area contributed by atoms with Gasteiger partial charge in [-0.2, -0.15) is 0 Å². The van der Waals surface area contributed by atoms with Crippen LogP contribution in [0, 0.1) is 0 Å². The summed E-state index contributed by atoms with van der Waals surface area (Å²) in [5.74, 6) is 6.93. The lowest BCUT2D eigenvalue weighted by Crippen LogP contribution is -2.24. The van der Waals surface area contributed by atoms with Gasteiger partial charge in [-0.1, -0.05) is 23.9 Å². The number of carbonyl (C=O) groups excluding carboxylic acids is 1. The van der Waals surface area contributed by atoms with Crippen LogP contribution in [0.25, 0.3) is 0 Å². The number of benzene rings is 1.